The van der Waals surface area contributed by atoms with Crippen LogP contribution in [0.3, 0.4) is 0 Å². The fraction of sp³-hybridized carbons (Fsp3) is 0.273. The van der Waals surface area contributed by atoms with Gasteiger partial charge in [0.05, 0.1) is 0 Å². The highest BCUT2D eigenvalue weighted by Crippen LogP contribution is 2.06. The molecule has 18 heavy (non-hydrogen) atoms. The number of amides is 1. The Kier molecular flexibility index (Phi) is 3.52. The SMILES string of the molecule is Cc1cc(C(=O)NCCc2ncno2)cc(N)n1. The van der Waals surface area contributed by atoms with Crippen molar-refractivity contribution < 1.29 is 9.32 Å². The van der Waals surface area contributed by atoms with Crippen LogP contribution in [0.5, 0.6) is 0 Å². The third-order valence-electron chi connectivity index (χ3n) is 2.27. The van der Waals surface area contributed by atoms with Gasteiger partial charge in [-0.05, 0) is 19.1 Å². The average Bonchev–Trinajstić information content (AvgIpc) is 2.80. The topological polar surface area (TPSA) is 107 Å². The van der Waals surface area contributed by atoms with Gasteiger partial charge in [0.25, 0.3) is 5.91 Å². The maximum atomic E-state index is 11.8. The van der Waals surface area contributed by atoms with E-state index in [1.54, 1.807) is 13.0 Å². The third kappa shape index (κ3) is 3.03. The molecule has 0 aromatic carbocycles. The first kappa shape index (κ1) is 12.0. The van der Waals surface area contributed by atoms with Gasteiger partial charge in [-0.25, -0.2) is 4.98 Å². The molecule has 0 bridgehead atoms. The van der Waals surface area contributed by atoms with Crippen LogP contribution in [0.4, 0.5) is 5.82 Å². The molecule has 0 radical (unpaired) electrons. The van der Waals surface area contributed by atoms with Crippen LogP contribution < -0.4 is 11.1 Å². The average molecular weight is 247 g/mol. The highest BCUT2D eigenvalue weighted by molar-refractivity contribution is 5.94. The molecule has 1 amide bonds. The first-order valence-corrected chi connectivity index (χ1v) is 5.43. The Morgan fingerprint density at radius 2 is 2.33 bits per heavy atom. The van der Waals surface area contributed by atoms with Gasteiger partial charge in [-0.3, -0.25) is 4.79 Å². The number of carbonyl (C=O) groups is 1. The van der Waals surface area contributed by atoms with Crippen LogP contribution in [0, 0.1) is 6.92 Å². The van der Waals surface area contributed by atoms with E-state index in [2.05, 4.69) is 20.4 Å². The van der Waals surface area contributed by atoms with Gasteiger partial charge in [0.1, 0.15) is 5.82 Å². The molecule has 0 aliphatic carbocycles. The maximum absolute atomic E-state index is 11.8. The normalized spacial score (nSPS) is 10.3. The molecule has 2 aromatic heterocycles. The first-order chi connectivity index (χ1) is 8.65. The smallest absolute Gasteiger partial charge is 0.251 e. The Morgan fingerprint density at radius 1 is 1.50 bits per heavy atom. The summed E-state index contributed by atoms with van der Waals surface area (Å²) in [5.74, 6) is 0.615. The van der Waals surface area contributed by atoms with Gasteiger partial charge < -0.3 is 15.6 Å². The molecule has 0 atom stereocenters. The van der Waals surface area contributed by atoms with Crippen LogP contribution in [0.1, 0.15) is 21.9 Å². The second-order valence-electron chi connectivity index (χ2n) is 3.76. The number of carbonyl (C=O) groups excluding carboxylic acids is 1. The summed E-state index contributed by atoms with van der Waals surface area (Å²) in [6, 6.07) is 3.22. The van der Waals surface area contributed by atoms with Crippen molar-refractivity contribution in [2.75, 3.05) is 12.3 Å². The number of nitrogen functional groups attached to an aromatic ring is 1. The van der Waals surface area contributed by atoms with Crippen LogP contribution >= 0.6 is 0 Å². The summed E-state index contributed by atoms with van der Waals surface area (Å²) in [6.07, 6.45) is 1.81. The Bertz CT molecular complexity index is 518. The van der Waals surface area contributed by atoms with E-state index in [1.807, 2.05) is 0 Å². The van der Waals surface area contributed by atoms with Gasteiger partial charge in [-0.2, -0.15) is 4.98 Å². The maximum Gasteiger partial charge on any atom is 0.251 e. The minimum absolute atomic E-state index is 0.202. The van der Waals surface area contributed by atoms with E-state index in [0.29, 0.717) is 35.9 Å². The quantitative estimate of drug-likeness (QED) is 0.806. The van der Waals surface area contributed by atoms with Crippen LogP contribution in [0.25, 0.3) is 0 Å². The summed E-state index contributed by atoms with van der Waals surface area (Å²) in [6.45, 7) is 2.20. The fourth-order valence-electron chi connectivity index (χ4n) is 1.52. The largest absolute Gasteiger partial charge is 0.384 e. The predicted octanol–water partition coefficient (Wildman–Crippen LogP) is 0.328. The van der Waals surface area contributed by atoms with E-state index < -0.39 is 0 Å². The van der Waals surface area contributed by atoms with E-state index in [9.17, 15) is 4.79 Å². The number of rotatable bonds is 4. The minimum atomic E-state index is -0.202. The first-order valence-electron chi connectivity index (χ1n) is 5.43. The van der Waals surface area contributed by atoms with E-state index in [0.717, 1.165) is 0 Å². The van der Waals surface area contributed by atoms with Crippen molar-refractivity contribution >= 4 is 11.7 Å². The van der Waals surface area contributed by atoms with Crippen molar-refractivity contribution in [3.05, 3.63) is 35.6 Å². The molecule has 0 saturated carbocycles. The Labute approximate surface area is 103 Å². The lowest BCUT2D eigenvalue weighted by Gasteiger charge is -2.05. The zero-order chi connectivity index (χ0) is 13.0. The number of nitrogens with zero attached hydrogens (tertiary/aromatic N) is 3. The zero-order valence-corrected chi connectivity index (χ0v) is 9.88. The standard InChI is InChI=1S/C11H13N5O2/c1-7-4-8(5-9(12)16-7)11(17)13-3-2-10-14-6-15-18-10/h4-6H,2-3H2,1H3,(H2,12,16)(H,13,17). The lowest BCUT2D eigenvalue weighted by Crippen LogP contribution is -2.26. The number of aromatic nitrogens is 3. The van der Waals surface area contributed by atoms with Gasteiger partial charge in [0, 0.05) is 24.2 Å². The van der Waals surface area contributed by atoms with E-state index in [4.69, 9.17) is 10.3 Å². The van der Waals surface area contributed by atoms with Gasteiger partial charge >= 0.3 is 0 Å². The van der Waals surface area contributed by atoms with Crippen molar-refractivity contribution in [2.45, 2.75) is 13.3 Å². The minimum Gasteiger partial charge on any atom is -0.384 e. The lowest BCUT2D eigenvalue weighted by atomic mass is 10.2. The molecular formula is C11H13N5O2. The van der Waals surface area contributed by atoms with E-state index in [-0.39, 0.29) is 5.91 Å². The molecule has 2 rings (SSSR count). The van der Waals surface area contributed by atoms with Crippen molar-refractivity contribution in [2.24, 2.45) is 0 Å². The summed E-state index contributed by atoms with van der Waals surface area (Å²) in [4.78, 5) is 19.7. The molecule has 0 aliphatic rings. The van der Waals surface area contributed by atoms with Crippen molar-refractivity contribution in [3.63, 3.8) is 0 Å². The lowest BCUT2D eigenvalue weighted by molar-refractivity contribution is 0.0953. The monoisotopic (exact) mass is 247 g/mol. The Hall–Kier alpha value is -2.44. The zero-order valence-electron chi connectivity index (χ0n) is 9.88. The summed E-state index contributed by atoms with van der Waals surface area (Å²) < 4.78 is 4.82. The molecule has 0 spiro atoms. The second-order valence-corrected chi connectivity index (χ2v) is 3.76. The molecule has 3 N–H and O–H groups in total. The molecule has 7 nitrogen and oxygen atoms in total. The van der Waals surface area contributed by atoms with Crippen LogP contribution in [0.15, 0.2) is 23.0 Å². The molecule has 0 fully saturated rings. The fourth-order valence-corrected chi connectivity index (χ4v) is 1.52. The molecule has 94 valence electrons. The van der Waals surface area contributed by atoms with Crippen LogP contribution in [-0.4, -0.2) is 27.6 Å². The number of nitrogens with two attached hydrogens (primary N) is 1. The predicted molar refractivity (Wildman–Crippen MR) is 63.7 cm³/mol. The number of anilines is 1. The number of pyridine rings is 1. The Morgan fingerprint density at radius 3 is 3.00 bits per heavy atom. The molecular weight excluding hydrogens is 234 g/mol. The van der Waals surface area contributed by atoms with E-state index >= 15 is 0 Å². The molecule has 0 unspecified atom stereocenters. The van der Waals surface area contributed by atoms with Crippen molar-refractivity contribution in [1.82, 2.24) is 20.4 Å². The molecule has 2 heterocycles. The highest BCUT2D eigenvalue weighted by Gasteiger charge is 2.08. The number of hydrogen-bond acceptors (Lipinski definition) is 6. The molecule has 7 heteroatoms. The molecule has 0 aliphatic heterocycles. The van der Waals surface area contributed by atoms with Gasteiger partial charge in [0.15, 0.2) is 6.33 Å². The van der Waals surface area contributed by atoms with Gasteiger partial charge in [0.2, 0.25) is 5.89 Å². The summed E-state index contributed by atoms with van der Waals surface area (Å²) >= 11 is 0. The number of hydrogen-bond donors (Lipinski definition) is 2. The third-order valence-corrected chi connectivity index (χ3v) is 2.27. The second kappa shape index (κ2) is 5.26. The summed E-state index contributed by atoms with van der Waals surface area (Å²) in [5, 5.41) is 6.22. The van der Waals surface area contributed by atoms with Crippen LogP contribution in [0.2, 0.25) is 0 Å². The highest BCUT2D eigenvalue weighted by atomic mass is 16.5. The van der Waals surface area contributed by atoms with Crippen molar-refractivity contribution in [3.8, 4) is 0 Å². The number of aryl methyl sites for hydroxylation is 1. The van der Waals surface area contributed by atoms with Crippen LogP contribution in [-0.2, 0) is 6.42 Å². The summed E-state index contributed by atoms with van der Waals surface area (Å²) in [7, 11) is 0. The van der Waals surface area contributed by atoms with Gasteiger partial charge in [-0.1, -0.05) is 5.16 Å². The van der Waals surface area contributed by atoms with Gasteiger partial charge in [-0.15, -0.1) is 0 Å². The Balaban J connectivity index is 1.91. The van der Waals surface area contributed by atoms with E-state index in [1.165, 1.54) is 12.4 Å². The summed E-state index contributed by atoms with van der Waals surface area (Å²) in [5.41, 5.74) is 6.78. The molecule has 2 aromatic rings. The molecule has 0 saturated heterocycles. The van der Waals surface area contributed by atoms with Crippen molar-refractivity contribution in [1.29, 1.82) is 0 Å². The number of nitrogens with one attached hydrogen (secondary N) is 1.